The second-order valence-electron chi connectivity index (χ2n) is 7.62. The summed E-state index contributed by atoms with van der Waals surface area (Å²) in [6.45, 7) is 0. The van der Waals surface area contributed by atoms with Gasteiger partial charge in [-0.05, 0) is 66.7 Å². The van der Waals surface area contributed by atoms with Crippen LogP contribution in [-0.4, -0.2) is 28.8 Å². The first-order valence-electron chi connectivity index (χ1n) is 11.0. The summed E-state index contributed by atoms with van der Waals surface area (Å²) in [5.41, 5.74) is 0.826. The first-order chi connectivity index (χ1) is 17.6. The summed E-state index contributed by atoms with van der Waals surface area (Å²) in [6, 6.07) is 24.7. The minimum atomic E-state index is -4.04. The van der Waals surface area contributed by atoms with Gasteiger partial charge in [-0.3, -0.25) is 9.65 Å². The van der Waals surface area contributed by atoms with Crippen LogP contribution in [-0.2, 0) is 4.57 Å². The number of aromatic nitrogens is 3. The Balaban J connectivity index is 1.56. The average Bonchev–Trinajstić information content (AvgIpc) is 3.27. The number of anilines is 1. The molecule has 182 valence electrons. The third-order valence-corrected chi connectivity index (χ3v) is 6.69. The van der Waals surface area contributed by atoms with Crippen molar-refractivity contribution in [3.05, 3.63) is 97.3 Å². The molecule has 5 rings (SSSR count). The predicted octanol–water partition coefficient (Wildman–Crippen LogP) is 6.12. The second kappa shape index (κ2) is 10.0. The first kappa shape index (κ1) is 23.3. The smallest absolute Gasteiger partial charge is 0.497 e. The van der Waals surface area contributed by atoms with Gasteiger partial charge in [-0.25, -0.2) is 14.5 Å². The molecule has 9 nitrogen and oxygen atoms in total. The molecule has 0 aliphatic rings. The van der Waals surface area contributed by atoms with Crippen molar-refractivity contribution >= 4 is 24.5 Å². The van der Waals surface area contributed by atoms with E-state index in [1.807, 2.05) is 30.3 Å². The van der Waals surface area contributed by atoms with Crippen molar-refractivity contribution in [1.82, 2.24) is 14.5 Å². The molecule has 0 radical (unpaired) electrons. The summed E-state index contributed by atoms with van der Waals surface area (Å²) in [4.78, 5) is 8.76. The maximum Gasteiger partial charge on any atom is 0.542 e. The Kier molecular flexibility index (Phi) is 6.47. The van der Waals surface area contributed by atoms with Crippen LogP contribution in [0.4, 0.5) is 5.82 Å². The van der Waals surface area contributed by atoms with Crippen LogP contribution in [0.2, 0.25) is 0 Å². The molecular formula is C26H23N4O5P. The summed E-state index contributed by atoms with van der Waals surface area (Å²) >= 11 is 0. The molecule has 0 atom stereocenters. The van der Waals surface area contributed by atoms with Crippen LogP contribution in [0.25, 0.3) is 16.9 Å². The number of hydrogen-bond acceptors (Lipinski definition) is 7. The Hall–Kier alpha value is -4.49. The summed E-state index contributed by atoms with van der Waals surface area (Å²) in [7, 11) is -0.905. The number of nitrogens with one attached hydrogen (secondary N) is 1. The van der Waals surface area contributed by atoms with Gasteiger partial charge in [0.1, 0.15) is 28.8 Å². The Bertz CT molecular complexity index is 1450. The molecule has 10 heteroatoms. The van der Waals surface area contributed by atoms with E-state index in [-0.39, 0.29) is 0 Å². The summed E-state index contributed by atoms with van der Waals surface area (Å²) in [5, 5.41) is 3.89. The van der Waals surface area contributed by atoms with Crippen molar-refractivity contribution in [2.45, 2.75) is 0 Å². The van der Waals surface area contributed by atoms with Gasteiger partial charge in [0.2, 0.25) is 5.95 Å². The molecule has 5 aromatic rings. The number of hydrogen-bond donors (Lipinski definition) is 1. The van der Waals surface area contributed by atoms with E-state index in [4.69, 9.17) is 18.5 Å². The first-order valence-corrected chi connectivity index (χ1v) is 12.5. The monoisotopic (exact) mass is 502 g/mol. The fourth-order valence-corrected chi connectivity index (χ4v) is 4.99. The van der Waals surface area contributed by atoms with E-state index in [1.54, 1.807) is 85.8 Å². The minimum absolute atomic E-state index is 0.332. The summed E-state index contributed by atoms with van der Waals surface area (Å²) in [5.74, 6) is 2.79. The lowest BCUT2D eigenvalue weighted by molar-refractivity contribution is 0.388. The van der Waals surface area contributed by atoms with Crippen LogP contribution in [0.15, 0.2) is 97.3 Å². The average molecular weight is 502 g/mol. The van der Waals surface area contributed by atoms with Crippen LogP contribution in [0, 0.1) is 0 Å². The van der Waals surface area contributed by atoms with Gasteiger partial charge in [-0.2, -0.15) is 0 Å². The Morgan fingerprint density at radius 3 is 1.81 bits per heavy atom. The van der Waals surface area contributed by atoms with E-state index in [9.17, 15) is 4.57 Å². The van der Waals surface area contributed by atoms with Crippen molar-refractivity contribution in [3.63, 3.8) is 0 Å². The molecular weight excluding hydrogens is 479 g/mol. The minimum Gasteiger partial charge on any atom is -0.497 e. The summed E-state index contributed by atoms with van der Waals surface area (Å²) in [6.07, 6.45) is 3.28. The third kappa shape index (κ3) is 4.96. The van der Waals surface area contributed by atoms with E-state index < -0.39 is 7.75 Å². The molecule has 0 unspecified atom stereocenters. The molecule has 0 saturated heterocycles. The number of ether oxygens (including phenoxy) is 2. The largest absolute Gasteiger partial charge is 0.542 e. The van der Waals surface area contributed by atoms with Gasteiger partial charge in [0.05, 0.1) is 19.7 Å². The SMILES string of the molecule is COc1ccc(OP(=O)(Nc2cc3ccccc3n2-c2ncccn2)Oc2ccc(OC)cc2)cc1. The Morgan fingerprint density at radius 1 is 0.722 bits per heavy atom. The highest BCUT2D eigenvalue weighted by Gasteiger charge is 2.31. The van der Waals surface area contributed by atoms with Gasteiger partial charge in [0.25, 0.3) is 0 Å². The standard InChI is InChI=1S/C26H23N4O5P/c1-32-20-8-12-22(13-9-20)34-36(31,35-23-14-10-21(33-2)11-15-23)29-25-18-19-6-3-4-7-24(19)30(25)26-27-16-5-17-28-26/h3-18H,1-2H3,(H,29,31). The molecule has 36 heavy (non-hydrogen) atoms. The highest BCUT2D eigenvalue weighted by molar-refractivity contribution is 7.56. The molecule has 0 aliphatic carbocycles. The highest BCUT2D eigenvalue weighted by Crippen LogP contribution is 2.49. The van der Waals surface area contributed by atoms with Gasteiger partial charge in [-0.1, -0.05) is 18.2 Å². The normalized spacial score (nSPS) is 11.2. The van der Waals surface area contributed by atoms with Gasteiger partial charge in [0, 0.05) is 17.8 Å². The maximum absolute atomic E-state index is 14.2. The van der Waals surface area contributed by atoms with Crippen LogP contribution < -0.4 is 23.6 Å². The third-order valence-electron chi connectivity index (χ3n) is 5.28. The Labute approximate surface area is 207 Å². The fourth-order valence-electron chi connectivity index (χ4n) is 3.61. The van der Waals surface area contributed by atoms with E-state index in [0.29, 0.717) is 34.8 Å². The lowest BCUT2D eigenvalue weighted by Crippen LogP contribution is -2.13. The van der Waals surface area contributed by atoms with Gasteiger partial charge in [-0.15, -0.1) is 0 Å². The van der Waals surface area contributed by atoms with Gasteiger partial charge in [0.15, 0.2) is 0 Å². The number of methoxy groups -OCH3 is 2. The molecule has 0 fully saturated rings. The van der Waals surface area contributed by atoms with Crippen molar-refractivity contribution < 1.29 is 23.1 Å². The van der Waals surface area contributed by atoms with Crippen molar-refractivity contribution in [2.24, 2.45) is 0 Å². The van der Waals surface area contributed by atoms with Gasteiger partial charge >= 0.3 is 7.75 Å². The zero-order valence-corrected chi connectivity index (χ0v) is 20.5. The zero-order valence-electron chi connectivity index (χ0n) is 19.6. The number of fused-ring (bicyclic) bond motifs is 1. The topological polar surface area (TPSA) is 96.7 Å². The molecule has 3 aromatic carbocycles. The van der Waals surface area contributed by atoms with Crippen LogP contribution in [0.5, 0.6) is 23.0 Å². The fraction of sp³-hybridized carbons (Fsp3) is 0.0769. The lowest BCUT2D eigenvalue weighted by atomic mass is 10.2. The molecule has 0 saturated carbocycles. The number of nitrogens with zero attached hydrogens (tertiary/aromatic N) is 3. The molecule has 0 aliphatic heterocycles. The molecule has 1 N–H and O–H groups in total. The van der Waals surface area contributed by atoms with E-state index in [1.165, 1.54) is 0 Å². The van der Waals surface area contributed by atoms with Crippen molar-refractivity contribution in [3.8, 4) is 28.9 Å². The van der Waals surface area contributed by atoms with Crippen LogP contribution >= 0.6 is 7.75 Å². The van der Waals surface area contributed by atoms with Gasteiger partial charge < -0.3 is 18.5 Å². The van der Waals surface area contributed by atoms with E-state index >= 15 is 0 Å². The van der Waals surface area contributed by atoms with Crippen LogP contribution in [0.1, 0.15) is 0 Å². The number of rotatable bonds is 9. The molecule has 2 heterocycles. The number of benzene rings is 3. The van der Waals surface area contributed by atoms with Crippen molar-refractivity contribution in [2.75, 3.05) is 19.3 Å². The molecule has 0 bridgehead atoms. The zero-order chi connectivity index (χ0) is 25.0. The predicted molar refractivity (Wildman–Crippen MR) is 137 cm³/mol. The van der Waals surface area contributed by atoms with E-state index in [2.05, 4.69) is 15.1 Å². The quantitative estimate of drug-likeness (QED) is 0.241. The van der Waals surface area contributed by atoms with Crippen molar-refractivity contribution in [1.29, 1.82) is 0 Å². The molecule has 2 aromatic heterocycles. The maximum atomic E-state index is 14.2. The second-order valence-corrected chi connectivity index (χ2v) is 9.20. The van der Waals surface area contributed by atoms with E-state index in [0.717, 1.165) is 10.9 Å². The lowest BCUT2D eigenvalue weighted by Gasteiger charge is -2.22. The highest BCUT2D eigenvalue weighted by atomic mass is 31.2. The molecule has 0 spiro atoms. The van der Waals surface area contributed by atoms with Crippen LogP contribution in [0.3, 0.4) is 0 Å². The summed E-state index contributed by atoms with van der Waals surface area (Å²) < 4.78 is 38.3. The Morgan fingerprint density at radius 2 is 1.25 bits per heavy atom. The molecule has 0 amide bonds. The number of para-hydroxylation sites is 1.